The third kappa shape index (κ3) is 29.5. The number of rotatable bonds is 45. The maximum Gasteiger partial charge on any atom is 0.220 e. The molecule has 2 fully saturated rings. The van der Waals surface area contributed by atoms with Gasteiger partial charge in [0.25, 0.3) is 0 Å². The van der Waals surface area contributed by atoms with Crippen LogP contribution < -0.4 is 5.32 Å². The molecule has 0 aliphatic carbocycles. The summed E-state index contributed by atoms with van der Waals surface area (Å²) in [6.07, 6.45) is 35.4. The molecule has 0 spiro atoms. The Morgan fingerprint density at radius 1 is 0.571 bits per heavy atom. The molecule has 0 radical (unpaired) electrons. The number of aliphatic hydroxyl groups is 6. The van der Waals surface area contributed by atoms with Crippen molar-refractivity contribution >= 4 is 5.91 Å². The predicted octanol–water partition coefficient (Wildman–Crippen LogP) is 10.1. The van der Waals surface area contributed by atoms with Crippen molar-refractivity contribution < 1.29 is 49.6 Å². The number of nitrogens with one attached hydrogen (secondary N) is 1. The highest BCUT2D eigenvalue weighted by molar-refractivity contribution is 5.76. The number of carbonyl (C=O) groups is 1. The van der Waals surface area contributed by atoms with Crippen molar-refractivity contribution in [2.45, 2.75) is 293 Å². The van der Waals surface area contributed by atoms with Crippen LogP contribution >= 0.6 is 0 Å². The number of amides is 1. The SMILES string of the molecule is CCCCCCCCCCCCCC[C@@H](O)[C@@H](O)[C@H](CO[C@H]1O[C@H](CO)[C@H](O)[C@H](O)[C@H]1O)NC(=O)CCCCCCCCCCCCCCCCCCCCCCCCC1COC1. The number of carbonyl (C=O) groups excluding carboxylic acids is 1. The van der Waals surface area contributed by atoms with Gasteiger partial charge in [0.1, 0.15) is 30.5 Å². The molecule has 0 saturated carbocycles. The summed E-state index contributed by atoms with van der Waals surface area (Å²) in [6, 6.07) is -0.986. The average molecular weight is 900 g/mol. The molecule has 11 nitrogen and oxygen atoms in total. The molecular formula is C52H101NO10. The van der Waals surface area contributed by atoms with Crippen LogP contribution in [0.15, 0.2) is 0 Å². The second-order valence-electron chi connectivity index (χ2n) is 19.7. The van der Waals surface area contributed by atoms with E-state index in [0.29, 0.717) is 6.42 Å². The zero-order chi connectivity index (χ0) is 45.6. The Morgan fingerprint density at radius 2 is 0.984 bits per heavy atom. The van der Waals surface area contributed by atoms with E-state index < -0.39 is 55.6 Å². The Morgan fingerprint density at radius 3 is 1.40 bits per heavy atom. The van der Waals surface area contributed by atoms with Crippen molar-refractivity contribution in [3.63, 3.8) is 0 Å². The van der Waals surface area contributed by atoms with Gasteiger partial charge in [0.05, 0.1) is 38.6 Å². The smallest absolute Gasteiger partial charge is 0.220 e. The summed E-state index contributed by atoms with van der Waals surface area (Å²) < 4.78 is 16.4. The molecule has 2 rings (SSSR count). The van der Waals surface area contributed by atoms with Crippen molar-refractivity contribution in [2.75, 3.05) is 26.4 Å². The van der Waals surface area contributed by atoms with Crippen molar-refractivity contribution in [2.24, 2.45) is 5.92 Å². The van der Waals surface area contributed by atoms with Crippen LogP contribution in [0.5, 0.6) is 0 Å². The van der Waals surface area contributed by atoms with E-state index >= 15 is 0 Å². The van der Waals surface area contributed by atoms with Crippen molar-refractivity contribution in [1.82, 2.24) is 5.32 Å². The highest BCUT2D eigenvalue weighted by atomic mass is 16.7. The number of unbranched alkanes of at least 4 members (excludes halogenated alkanes) is 32. The molecule has 11 heteroatoms. The first-order valence-electron chi connectivity index (χ1n) is 26.9. The molecule has 374 valence electrons. The van der Waals surface area contributed by atoms with Gasteiger partial charge in [-0.1, -0.05) is 219 Å². The molecule has 0 aromatic heterocycles. The molecular weight excluding hydrogens is 799 g/mol. The topological polar surface area (TPSA) is 178 Å². The van der Waals surface area contributed by atoms with Crippen LogP contribution in [0, 0.1) is 5.92 Å². The van der Waals surface area contributed by atoms with Crippen molar-refractivity contribution in [3.8, 4) is 0 Å². The maximum atomic E-state index is 13.1. The fraction of sp³-hybridized carbons (Fsp3) is 0.981. The molecule has 0 bridgehead atoms. The van der Waals surface area contributed by atoms with Crippen molar-refractivity contribution in [1.29, 1.82) is 0 Å². The molecule has 2 saturated heterocycles. The summed E-state index contributed by atoms with van der Waals surface area (Å²) in [5.41, 5.74) is 0. The van der Waals surface area contributed by atoms with Gasteiger partial charge in [0.15, 0.2) is 6.29 Å². The van der Waals surface area contributed by atoms with Crippen LogP contribution in [0.25, 0.3) is 0 Å². The standard InChI is InChI=1S/C52H101NO10/c1-2-3-4-5-6-7-8-22-25-28-31-34-37-45(55)48(57)44(42-62-52-51(60)50(59)49(58)46(39-54)63-52)53-47(56)38-35-32-29-26-23-20-18-16-14-12-10-9-11-13-15-17-19-21-24-27-30-33-36-43-40-61-41-43/h43-46,48-52,54-55,57-60H,2-42H2,1H3,(H,53,56)/t44-,45+,46+,48-,49-,50-,51+,52-/m0/s1. The van der Waals surface area contributed by atoms with Gasteiger partial charge >= 0.3 is 0 Å². The Balaban J connectivity index is 1.51. The Bertz CT molecular complexity index is 1020. The van der Waals surface area contributed by atoms with E-state index in [0.717, 1.165) is 70.5 Å². The third-order valence-electron chi connectivity index (χ3n) is 13.8. The van der Waals surface area contributed by atoms with Gasteiger partial charge in [-0.3, -0.25) is 4.79 Å². The number of hydrogen-bond donors (Lipinski definition) is 7. The summed E-state index contributed by atoms with van der Waals surface area (Å²) in [7, 11) is 0. The Labute approximate surface area is 385 Å². The van der Waals surface area contributed by atoms with Gasteiger partial charge < -0.3 is 50.2 Å². The zero-order valence-electron chi connectivity index (χ0n) is 40.5. The minimum Gasteiger partial charge on any atom is -0.394 e. The lowest BCUT2D eigenvalue weighted by atomic mass is 9.98. The lowest BCUT2D eigenvalue weighted by Gasteiger charge is -2.40. The van der Waals surface area contributed by atoms with E-state index in [1.165, 1.54) is 173 Å². The molecule has 8 atom stereocenters. The predicted molar refractivity (Wildman–Crippen MR) is 254 cm³/mol. The first-order chi connectivity index (χ1) is 30.8. The van der Waals surface area contributed by atoms with Crippen LogP contribution in [0.3, 0.4) is 0 Å². The molecule has 1 amide bonds. The minimum absolute atomic E-state index is 0.253. The second-order valence-corrected chi connectivity index (χ2v) is 19.7. The molecule has 63 heavy (non-hydrogen) atoms. The van der Waals surface area contributed by atoms with E-state index in [9.17, 15) is 35.4 Å². The monoisotopic (exact) mass is 900 g/mol. The molecule has 2 aliphatic rings. The maximum absolute atomic E-state index is 13.1. The van der Waals surface area contributed by atoms with E-state index in [1.54, 1.807) is 0 Å². The molecule has 7 N–H and O–H groups in total. The average Bonchev–Trinajstić information content (AvgIpc) is 3.26. The Hall–Kier alpha value is -0.890. The molecule has 0 aromatic carbocycles. The highest BCUT2D eigenvalue weighted by Gasteiger charge is 2.44. The fourth-order valence-electron chi connectivity index (χ4n) is 9.25. The first kappa shape index (κ1) is 58.2. The van der Waals surface area contributed by atoms with Crippen molar-refractivity contribution in [3.05, 3.63) is 0 Å². The van der Waals surface area contributed by atoms with Gasteiger partial charge in [-0.25, -0.2) is 0 Å². The second kappa shape index (κ2) is 40.2. The lowest BCUT2D eigenvalue weighted by Crippen LogP contribution is -2.60. The zero-order valence-corrected chi connectivity index (χ0v) is 40.5. The van der Waals surface area contributed by atoms with E-state index in [-0.39, 0.29) is 18.9 Å². The lowest BCUT2D eigenvalue weighted by molar-refractivity contribution is -0.303. The summed E-state index contributed by atoms with van der Waals surface area (Å²) in [6.45, 7) is 3.36. The summed E-state index contributed by atoms with van der Waals surface area (Å²) >= 11 is 0. The van der Waals surface area contributed by atoms with E-state index in [1.807, 2.05) is 0 Å². The molecule has 0 unspecified atom stereocenters. The number of aliphatic hydroxyl groups excluding tert-OH is 6. The van der Waals surface area contributed by atoms with Gasteiger partial charge in [-0.15, -0.1) is 0 Å². The normalized spacial score (nSPS) is 21.9. The molecule has 0 aromatic rings. The number of hydrogen-bond acceptors (Lipinski definition) is 10. The highest BCUT2D eigenvalue weighted by Crippen LogP contribution is 2.24. The van der Waals surface area contributed by atoms with Gasteiger partial charge in [-0.05, 0) is 19.3 Å². The first-order valence-corrected chi connectivity index (χ1v) is 26.9. The summed E-state index contributed by atoms with van der Waals surface area (Å²) in [5.74, 6) is 0.612. The Kier molecular flexibility index (Phi) is 37.2. The molecule has 2 aliphatic heterocycles. The number of ether oxygens (including phenoxy) is 3. The fourth-order valence-corrected chi connectivity index (χ4v) is 9.25. The van der Waals surface area contributed by atoms with E-state index in [2.05, 4.69) is 12.2 Å². The van der Waals surface area contributed by atoms with Gasteiger partial charge in [0, 0.05) is 12.3 Å². The van der Waals surface area contributed by atoms with E-state index in [4.69, 9.17) is 14.2 Å². The molecule has 2 heterocycles. The van der Waals surface area contributed by atoms with Crippen LogP contribution in [0.4, 0.5) is 0 Å². The largest absolute Gasteiger partial charge is 0.394 e. The van der Waals surface area contributed by atoms with Crippen LogP contribution in [-0.2, 0) is 19.0 Å². The van der Waals surface area contributed by atoms with Gasteiger partial charge in [0.2, 0.25) is 5.91 Å². The minimum atomic E-state index is -1.60. The van der Waals surface area contributed by atoms with Gasteiger partial charge in [-0.2, -0.15) is 0 Å². The third-order valence-corrected chi connectivity index (χ3v) is 13.8. The van der Waals surface area contributed by atoms with Crippen LogP contribution in [0.2, 0.25) is 0 Å². The quantitative estimate of drug-likeness (QED) is 0.0291. The summed E-state index contributed by atoms with van der Waals surface area (Å²) in [5, 5.41) is 65.3. The van der Waals surface area contributed by atoms with Crippen LogP contribution in [-0.4, -0.2) is 112 Å². The summed E-state index contributed by atoms with van der Waals surface area (Å²) in [4.78, 5) is 13.1. The van der Waals surface area contributed by atoms with Crippen LogP contribution in [0.1, 0.15) is 244 Å².